The van der Waals surface area contributed by atoms with E-state index in [4.69, 9.17) is 11.6 Å². The van der Waals surface area contributed by atoms with Gasteiger partial charge >= 0.3 is 0 Å². The average Bonchev–Trinajstić information content (AvgIpc) is 2.37. The SMILES string of the molecule is CNCC(C)C(=O)NC(c1ccc(Cl)cc1)C1CCC1.Cl. The van der Waals surface area contributed by atoms with Crippen LogP contribution in [0.5, 0.6) is 0 Å². The Kier molecular flexibility index (Phi) is 7.50. The van der Waals surface area contributed by atoms with Gasteiger partial charge < -0.3 is 10.6 Å². The number of rotatable bonds is 6. The van der Waals surface area contributed by atoms with E-state index in [1.54, 1.807) is 0 Å². The minimum Gasteiger partial charge on any atom is -0.349 e. The lowest BCUT2D eigenvalue weighted by Gasteiger charge is -2.35. The second-order valence-corrected chi connectivity index (χ2v) is 6.12. The van der Waals surface area contributed by atoms with Crippen molar-refractivity contribution in [2.24, 2.45) is 11.8 Å². The fourth-order valence-corrected chi connectivity index (χ4v) is 2.74. The molecule has 1 aromatic rings. The molecule has 2 rings (SSSR count). The molecule has 1 aliphatic rings. The molecular formula is C16H24Cl2N2O. The molecule has 0 bridgehead atoms. The molecule has 2 unspecified atom stereocenters. The zero-order valence-electron chi connectivity index (χ0n) is 12.6. The van der Waals surface area contributed by atoms with Crippen LogP contribution in [0.15, 0.2) is 24.3 Å². The summed E-state index contributed by atoms with van der Waals surface area (Å²) in [4.78, 5) is 12.3. The molecule has 0 saturated heterocycles. The van der Waals surface area contributed by atoms with Crippen molar-refractivity contribution in [3.63, 3.8) is 0 Å². The van der Waals surface area contributed by atoms with Crippen molar-refractivity contribution in [1.82, 2.24) is 10.6 Å². The zero-order chi connectivity index (χ0) is 14.5. The van der Waals surface area contributed by atoms with Crippen LogP contribution in [0.1, 0.15) is 37.8 Å². The first-order valence-corrected chi connectivity index (χ1v) is 7.70. The molecule has 0 aliphatic heterocycles. The summed E-state index contributed by atoms with van der Waals surface area (Å²) in [6.07, 6.45) is 3.64. The van der Waals surface area contributed by atoms with Gasteiger partial charge in [-0.05, 0) is 43.5 Å². The molecule has 2 N–H and O–H groups in total. The highest BCUT2D eigenvalue weighted by Gasteiger charge is 2.30. The maximum atomic E-state index is 12.3. The summed E-state index contributed by atoms with van der Waals surface area (Å²) in [6.45, 7) is 2.65. The fraction of sp³-hybridized carbons (Fsp3) is 0.562. The van der Waals surface area contributed by atoms with Crippen LogP contribution >= 0.6 is 24.0 Å². The molecule has 1 fully saturated rings. The van der Waals surface area contributed by atoms with Crippen molar-refractivity contribution in [3.8, 4) is 0 Å². The molecule has 1 amide bonds. The second kappa shape index (κ2) is 8.62. The average molecular weight is 331 g/mol. The van der Waals surface area contributed by atoms with Crippen LogP contribution in [0, 0.1) is 11.8 Å². The third-order valence-electron chi connectivity index (χ3n) is 4.11. The van der Waals surface area contributed by atoms with Gasteiger partial charge in [0.1, 0.15) is 0 Å². The highest BCUT2D eigenvalue weighted by molar-refractivity contribution is 6.30. The molecule has 1 aliphatic carbocycles. The quantitative estimate of drug-likeness (QED) is 0.837. The smallest absolute Gasteiger partial charge is 0.224 e. The number of benzene rings is 1. The summed E-state index contributed by atoms with van der Waals surface area (Å²) >= 11 is 5.95. The van der Waals surface area contributed by atoms with Gasteiger partial charge in [0, 0.05) is 17.5 Å². The van der Waals surface area contributed by atoms with Crippen LogP contribution in [0.4, 0.5) is 0 Å². The van der Waals surface area contributed by atoms with E-state index in [1.165, 1.54) is 19.3 Å². The Hall–Kier alpha value is -0.770. The van der Waals surface area contributed by atoms with E-state index in [1.807, 2.05) is 38.2 Å². The van der Waals surface area contributed by atoms with E-state index in [0.717, 1.165) is 10.6 Å². The lowest BCUT2D eigenvalue weighted by molar-refractivity contribution is -0.125. The normalized spacial score (nSPS) is 17.3. The fourth-order valence-electron chi connectivity index (χ4n) is 2.61. The second-order valence-electron chi connectivity index (χ2n) is 5.69. The van der Waals surface area contributed by atoms with E-state index in [0.29, 0.717) is 12.5 Å². The zero-order valence-corrected chi connectivity index (χ0v) is 14.1. The molecule has 0 aromatic heterocycles. The highest BCUT2D eigenvalue weighted by Crippen LogP contribution is 2.38. The molecule has 0 radical (unpaired) electrons. The summed E-state index contributed by atoms with van der Waals surface area (Å²) in [6, 6.07) is 7.95. The van der Waals surface area contributed by atoms with Gasteiger partial charge in [-0.2, -0.15) is 0 Å². The Bertz CT molecular complexity index is 446. The van der Waals surface area contributed by atoms with Crippen LogP contribution in [-0.4, -0.2) is 19.5 Å². The molecule has 5 heteroatoms. The highest BCUT2D eigenvalue weighted by atomic mass is 35.5. The number of hydrogen-bond acceptors (Lipinski definition) is 2. The van der Waals surface area contributed by atoms with Gasteiger partial charge in [0.05, 0.1) is 6.04 Å². The van der Waals surface area contributed by atoms with E-state index in [9.17, 15) is 4.79 Å². The topological polar surface area (TPSA) is 41.1 Å². The van der Waals surface area contributed by atoms with Crippen LogP contribution in [0.25, 0.3) is 0 Å². The van der Waals surface area contributed by atoms with Crippen molar-refractivity contribution in [2.45, 2.75) is 32.2 Å². The number of amides is 1. The van der Waals surface area contributed by atoms with Crippen LogP contribution in [0.2, 0.25) is 5.02 Å². The number of halogens is 2. The van der Waals surface area contributed by atoms with Crippen molar-refractivity contribution in [2.75, 3.05) is 13.6 Å². The molecule has 0 spiro atoms. The van der Waals surface area contributed by atoms with Crippen molar-refractivity contribution < 1.29 is 4.79 Å². The van der Waals surface area contributed by atoms with Crippen molar-refractivity contribution in [3.05, 3.63) is 34.9 Å². The van der Waals surface area contributed by atoms with Gasteiger partial charge in [0.2, 0.25) is 5.91 Å². The van der Waals surface area contributed by atoms with Crippen LogP contribution in [0.3, 0.4) is 0 Å². The van der Waals surface area contributed by atoms with E-state index >= 15 is 0 Å². The Morgan fingerprint density at radius 1 is 1.33 bits per heavy atom. The van der Waals surface area contributed by atoms with Gasteiger partial charge in [-0.3, -0.25) is 4.79 Å². The van der Waals surface area contributed by atoms with Crippen LogP contribution < -0.4 is 10.6 Å². The predicted octanol–water partition coefficient (Wildman–Crippen LogP) is 3.57. The first kappa shape index (κ1) is 18.3. The first-order chi connectivity index (χ1) is 9.61. The third-order valence-corrected chi connectivity index (χ3v) is 4.36. The van der Waals surface area contributed by atoms with Gasteiger partial charge in [-0.1, -0.05) is 37.1 Å². The Labute approximate surface area is 138 Å². The monoisotopic (exact) mass is 330 g/mol. The number of nitrogens with one attached hydrogen (secondary N) is 2. The Morgan fingerprint density at radius 3 is 2.43 bits per heavy atom. The third kappa shape index (κ3) is 4.87. The van der Waals surface area contributed by atoms with Gasteiger partial charge in [-0.15, -0.1) is 12.4 Å². The van der Waals surface area contributed by atoms with Gasteiger partial charge in [-0.25, -0.2) is 0 Å². The molecule has 0 heterocycles. The maximum absolute atomic E-state index is 12.3. The Morgan fingerprint density at radius 2 is 1.95 bits per heavy atom. The standard InChI is InChI=1S/C16H23ClN2O.ClH/c1-11(10-18-2)16(20)19-15(12-4-3-5-12)13-6-8-14(17)9-7-13;/h6-9,11-12,15,18H,3-5,10H2,1-2H3,(H,19,20);1H. The van der Waals surface area contributed by atoms with Crippen molar-refractivity contribution in [1.29, 1.82) is 0 Å². The number of hydrogen-bond donors (Lipinski definition) is 2. The summed E-state index contributed by atoms with van der Waals surface area (Å²) in [5, 5.41) is 7.00. The molecule has 21 heavy (non-hydrogen) atoms. The lowest BCUT2D eigenvalue weighted by atomic mass is 9.77. The molecule has 1 saturated carbocycles. The van der Waals surface area contributed by atoms with Gasteiger partial charge in [0.15, 0.2) is 0 Å². The number of carbonyl (C=O) groups excluding carboxylic acids is 1. The largest absolute Gasteiger partial charge is 0.349 e. The minimum atomic E-state index is -0.0186. The maximum Gasteiger partial charge on any atom is 0.224 e. The summed E-state index contributed by atoms with van der Waals surface area (Å²) in [5.74, 6) is 0.656. The molecule has 118 valence electrons. The van der Waals surface area contributed by atoms with Gasteiger partial charge in [0.25, 0.3) is 0 Å². The van der Waals surface area contributed by atoms with E-state index in [2.05, 4.69) is 10.6 Å². The predicted molar refractivity (Wildman–Crippen MR) is 90.0 cm³/mol. The first-order valence-electron chi connectivity index (χ1n) is 7.32. The molecular weight excluding hydrogens is 307 g/mol. The summed E-state index contributed by atoms with van der Waals surface area (Å²) in [7, 11) is 1.87. The van der Waals surface area contributed by atoms with E-state index < -0.39 is 0 Å². The number of carbonyl (C=O) groups is 1. The molecule has 2 atom stereocenters. The van der Waals surface area contributed by atoms with E-state index in [-0.39, 0.29) is 30.3 Å². The molecule has 1 aromatic carbocycles. The summed E-state index contributed by atoms with van der Waals surface area (Å²) < 4.78 is 0. The summed E-state index contributed by atoms with van der Waals surface area (Å²) in [5.41, 5.74) is 1.16. The van der Waals surface area contributed by atoms with Crippen molar-refractivity contribution >= 4 is 29.9 Å². The van der Waals surface area contributed by atoms with Crippen LogP contribution in [-0.2, 0) is 4.79 Å². The Balaban J connectivity index is 0.00000220. The minimum absolute atomic E-state index is 0. The lowest BCUT2D eigenvalue weighted by Crippen LogP contribution is -2.40. The molecule has 3 nitrogen and oxygen atoms in total.